The maximum absolute atomic E-state index is 11.4. The lowest BCUT2D eigenvalue weighted by molar-refractivity contribution is -0.137. The van der Waals surface area contributed by atoms with E-state index in [0.717, 1.165) is 4.68 Å². The first-order chi connectivity index (χ1) is 8.49. The quantitative estimate of drug-likeness (QED) is 0.508. The van der Waals surface area contributed by atoms with Crippen molar-refractivity contribution in [3.63, 3.8) is 0 Å². The minimum Gasteiger partial charge on any atom is -0.480 e. The van der Waals surface area contributed by atoms with E-state index in [9.17, 15) is 14.4 Å². The predicted molar refractivity (Wildman–Crippen MR) is 55.5 cm³/mol. The zero-order valence-electron chi connectivity index (χ0n) is 9.20. The number of carbonyl (C=O) groups is 3. The molecule has 1 heterocycles. The van der Waals surface area contributed by atoms with Crippen molar-refractivity contribution in [2.75, 3.05) is 13.2 Å². The molecule has 0 atom stereocenters. The number of primary amides is 1. The zero-order chi connectivity index (χ0) is 13.5. The average Bonchev–Trinajstić information content (AvgIpc) is 2.71. The molecule has 0 spiro atoms. The van der Waals surface area contributed by atoms with Gasteiger partial charge in [-0.1, -0.05) is 5.21 Å². The fourth-order valence-electron chi connectivity index (χ4n) is 1.03. The van der Waals surface area contributed by atoms with Crippen LogP contribution in [0.5, 0.6) is 0 Å². The van der Waals surface area contributed by atoms with Crippen LogP contribution in [-0.2, 0) is 16.1 Å². The summed E-state index contributed by atoms with van der Waals surface area (Å²) in [5.74, 6) is -1.65. The largest absolute Gasteiger partial charge is 0.480 e. The molecule has 0 aliphatic heterocycles. The van der Waals surface area contributed by atoms with E-state index < -0.39 is 18.0 Å². The van der Waals surface area contributed by atoms with E-state index >= 15 is 0 Å². The van der Waals surface area contributed by atoms with Crippen molar-refractivity contribution < 1.29 is 24.2 Å². The number of carboxylic acids is 1. The van der Waals surface area contributed by atoms with Crippen LogP contribution < -0.4 is 11.1 Å². The highest BCUT2D eigenvalue weighted by Crippen LogP contribution is 1.92. The summed E-state index contributed by atoms with van der Waals surface area (Å²) < 4.78 is 5.40. The molecule has 0 radical (unpaired) electrons. The van der Waals surface area contributed by atoms with Gasteiger partial charge >= 0.3 is 12.1 Å². The van der Waals surface area contributed by atoms with Gasteiger partial charge in [-0.05, 0) is 0 Å². The number of rotatable bonds is 6. The number of nitrogens with one attached hydrogen (secondary N) is 1. The number of hydrogen-bond acceptors (Lipinski definition) is 6. The van der Waals surface area contributed by atoms with Gasteiger partial charge in [-0.15, -0.1) is 5.10 Å². The number of amides is 2. The Balaban J connectivity index is 2.39. The molecule has 1 aromatic heterocycles. The monoisotopic (exact) mass is 257 g/mol. The van der Waals surface area contributed by atoms with E-state index in [-0.39, 0.29) is 25.4 Å². The lowest BCUT2D eigenvalue weighted by Gasteiger charge is -2.02. The Labute approximate surface area is 101 Å². The molecule has 0 aliphatic carbocycles. The van der Waals surface area contributed by atoms with Gasteiger partial charge in [-0.3, -0.25) is 9.59 Å². The molecular weight excluding hydrogens is 246 g/mol. The average molecular weight is 257 g/mol. The summed E-state index contributed by atoms with van der Waals surface area (Å²) in [6.07, 6.45) is 0.259. The van der Waals surface area contributed by atoms with Gasteiger partial charge in [-0.25, -0.2) is 9.48 Å². The van der Waals surface area contributed by atoms with E-state index in [4.69, 9.17) is 10.8 Å². The molecule has 10 heteroatoms. The van der Waals surface area contributed by atoms with E-state index in [2.05, 4.69) is 20.4 Å². The second-order valence-electron chi connectivity index (χ2n) is 3.12. The van der Waals surface area contributed by atoms with Crippen LogP contribution in [0, 0.1) is 0 Å². The molecule has 1 aromatic rings. The van der Waals surface area contributed by atoms with Crippen LogP contribution in [0.2, 0.25) is 0 Å². The molecule has 18 heavy (non-hydrogen) atoms. The lowest BCUT2D eigenvalue weighted by atomic mass is 10.4. The van der Waals surface area contributed by atoms with Crippen molar-refractivity contribution in [1.29, 1.82) is 0 Å². The second kappa shape index (κ2) is 6.18. The minimum absolute atomic E-state index is 0.0321. The number of nitrogens with two attached hydrogens (primary N) is 1. The molecule has 0 unspecified atom stereocenters. The summed E-state index contributed by atoms with van der Waals surface area (Å²) in [6, 6.07) is 0. The Bertz CT molecular complexity index is 456. The van der Waals surface area contributed by atoms with Gasteiger partial charge in [-0.2, -0.15) is 0 Å². The van der Waals surface area contributed by atoms with Gasteiger partial charge in [0.15, 0.2) is 5.69 Å². The number of hydrogen-bond donors (Lipinski definition) is 3. The van der Waals surface area contributed by atoms with Crippen LogP contribution in [0.1, 0.15) is 10.5 Å². The van der Waals surface area contributed by atoms with Gasteiger partial charge in [0.25, 0.3) is 5.91 Å². The highest BCUT2D eigenvalue weighted by atomic mass is 16.5. The third kappa shape index (κ3) is 4.47. The molecule has 0 saturated heterocycles. The van der Waals surface area contributed by atoms with Crippen LogP contribution in [0.4, 0.5) is 4.79 Å². The zero-order valence-corrected chi connectivity index (χ0v) is 9.20. The van der Waals surface area contributed by atoms with Crippen molar-refractivity contribution in [2.45, 2.75) is 6.54 Å². The van der Waals surface area contributed by atoms with Gasteiger partial charge in [0.05, 0.1) is 12.7 Å². The van der Waals surface area contributed by atoms with Crippen molar-refractivity contribution in [2.24, 2.45) is 5.73 Å². The number of aliphatic carboxylic acids is 1. The molecule has 0 fully saturated rings. The van der Waals surface area contributed by atoms with Crippen LogP contribution in [0.3, 0.4) is 0 Å². The van der Waals surface area contributed by atoms with Crippen molar-refractivity contribution in [1.82, 2.24) is 20.3 Å². The molecule has 2 amide bonds. The minimum atomic E-state index is -1.10. The number of ether oxygens (including phenoxy) is 1. The van der Waals surface area contributed by atoms with Gasteiger partial charge < -0.3 is 20.9 Å². The summed E-state index contributed by atoms with van der Waals surface area (Å²) in [4.78, 5) is 32.0. The van der Waals surface area contributed by atoms with Crippen LogP contribution in [0.15, 0.2) is 6.20 Å². The molecule has 0 aromatic carbocycles. The first-order valence-electron chi connectivity index (χ1n) is 4.81. The summed E-state index contributed by atoms with van der Waals surface area (Å²) in [5.41, 5.74) is 4.68. The highest BCUT2D eigenvalue weighted by Gasteiger charge is 2.11. The van der Waals surface area contributed by atoms with Gasteiger partial charge in [0, 0.05) is 0 Å². The molecule has 10 nitrogen and oxygen atoms in total. The molecular formula is C8H11N5O5. The van der Waals surface area contributed by atoms with Crippen molar-refractivity contribution in [3.8, 4) is 0 Å². The fraction of sp³-hybridized carbons (Fsp3) is 0.375. The Morgan fingerprint density at radius 2 is 2.22 bits per heavy atom. The first-order valence-corrected chi connectivity index (χ1v) is 4.81. The Kier molecular flexibility index (Phi) is 4.60. The number of carbonyl (C=O) groups excluding carboxylic acids is 2. The Hall–Kier alpha value is -2.65. The number of carboxylic acid groups (broad SMARTS) is 1. The molecule has 0 aliphatic rings. The predicted octanol–water partition coefficient (Wildman–Crippen LogP) is -1.81. The third-order valence-electron chi connectivity index (χ3n) is 1.70. The van der Waals surface area contributed by atoms with Crippen molar-refractivity contribution >= 4 is 18.0 Å². The first kappa shape index (κ1) is 13.4. The lowest BCUT2D eigenvalue weighted by Crippen LogP contribution is -2.29. The normalized spacial score (nSPS) is 9.78. The summed E-state index contributed by atoms with van der Waals surface area (Å²) >= 11 is 0. The van der Waals surface area contributed by atoms with E-state index in [0.29, 0.717) is 0 Å². The second-order valence-corrected chi connectivity index (χ2v) is 3.12. The Morgan fingerprint density at radius 1 is 1.50 bits per heavy atom. The Morgan fingerprint density at radius 3 is 2.83 bits per heavy atom. The highest BCUT2D eigenvalue weighted by molar-refractivity contribution is 5.91. The molecule has 0 saturated carbocycles. The number of aromatic nitrogens is 3. The van der Waals surface area contributed by atoms with E-state index in [1.165, 1.54) is 6.20 Å². The third-order valence-corrected chi connectivity index (χ3v) is 1.70. The van der Waals surface area contributed by atoms with Crippen LogP contribution >= 0.6 is 0 Å². The van der Waals surface area contributed by atoms with Crippen LogP contribution in [0.25, 0.3) is 0 Å². The van der Waals surface area contributed by atoms with E-state index in [1.54, 1.807) is 0 Å². The van der Waals surface area contributed by atoms with Crippen molar-refractivity contribution in [3.05, 3.63) is 11.9 Å². The SMILES string of the molecule is NC(=O)OCCNC(=O)c1cn(CC(=O)O)nn1. The smallest absolute Gasteiger partial charge is 0.404 e. The van der Waals surface area contributed by atoms with E-state index in [1.807, 2.05) is 0 Å². The van der Waals surface area contributed by atoms with Crippen LogP contribution in [-0.4, -0.2) is 51.2 Å². The topological polar surface area (TPSA) is 149 Å². The fourth-order valence-corrected chi connectivity index (χ4v) is 1.03. The molecule has 1 rings (SSSR count). The summed E-state index contributed by atoms with van der Waals surface area (Å²) in [5, 5.41) is 17.8. The molecule has 0 bridgehead atoms. The maximum Gasteiger partial charge on any atom is 0.404 e. The molecule has 98 valence electrons. The van der Waals surface area contributed by atoms with Gasteiger partial charge in [0.2, 0.25) is 0 Å². The van der Waals surface area contributed by atoms with Gasteiger partial charge in [0.1, 0.15) is 13.2 Å². The standard InChI is InChI=1S/C8H11N5O5/c9-8(17)18-2-1-10-7(16)5-3-13(12-11-5)4-6(14)15/h3H,1-2,4H2,(H2,9,17)(H,10,16)(H,14,15). The number of nitrogens with zero attached hydrogens (tertiary/aromatic N) is 3. The molecule has 4 N–H and O–H groups in total. The maximum atomic E-state index is 11.4. The summed E-state index contributed by atoms with van der Waals surface area (Å²) in [6.45, 7) is -0.386. The summed E-state index contributed by atoms with van der Waals surface area (Å²) in [7, 11) is 0.